The summed E-state index contributed by atoms with van der Waals surface area (Å²) in [5.74, 6) is 0.107. The van der Waals surface area contributed by atoms with Crippen LogP contribution in [0, 0.1) is 0 Å². The molecule has 0 aliphatic carbocycles. The molecule has 0 N–H and O–H groups in total. The summed E-state index contributed by atoms with van der Waals surface area (Å²) in [5, 5.41) is 4.93. The van der Waals surface area contributed by atoms with Gasteiger partial charge < -0.3 is 4.74 Å². The first-order chi connectivity index (χ1) is 8.13. The second-order valence-electron chi connectivity index (χ2n) is 4.33. The summed E-state index contributed by atoms with van der Waals surface area (Å²) >= 11 is 6.20. The van der Waals surface area contributed by atoms with E-state index >= 15 is 0 Å². The van der Waals surface area contributed by atoms with Gasteiger partial charge in [-0.2, -0.15) is 5.10 Å². The highest BCUT2D eigenvalue weighted by atomic mass is 35.5. The summed E-state index contributed by atoms with van der Waals surface area (Å²) in [6.07, 6.45) is 2.64. The molecule has 0 radical (unpaired) electrons. The van der Waals surface area contributed by atoms with E-state index in [4.69, 9.17) is 16.3 Å². The van der Waals surface area contributed by atoms with Crippen LogP contribution in [0.1, 0.15) is 31.2 Å². The molecule has 5 heteroatoms. The number of rotatable bonds is 4. The molecule has 1 aliphatic heterocycles. The maximum atomic E-state index is 12.0. The SMILES string of the molecule is CCc1nn(C)c(CC(=O)C2CCCO2)c1Cl. The molecule has 1 atom stereocenters. The number of aromatic nitrogens is 2. The van der Waals surface area contributed by atoms with Crippen LogP contribution < -0.4 is 0 Å². The lowest BCUT2D eigenvalue weighted by Crippen LogP contribution is -2.22. The van der Waals surface area contributed by atoms with Crippen molar-refractivity contribution in [2.24, 2.45) is 7.05 Å². The highest BCUT2D eigenvalue weighted by Gasteiger charge is 2.26. The monoisotopic (exact) mass is 256 g/mol. The van der Waals surface area contributed by atoms with Crippen LogP contribution in [0.2, 0.25) is 5.02 Å². The lowest BCUT2D eigenvalue weighted by Gasteiger charge is -2.08. The largest absolute Gasteiger partial charge is 0.370 e. The van der Waals surface area contributed by atoms with Crippen molar-refractivity contribution < 1.29 is 9.53 Å². The standard InChI is InChI=1S/C12H17ClN2O2/c1-3-8-12(13)9(15(2)14-8)7-10(16)11-5-4-6-17-11/h11H,3-7H2,1-2H3. The van der Waals surface area contributed by atoms with Gasteiger partial charge in [-0.3, -0.25) is 9.48 Å². The number of nitrogens with zero attached hydrogens (tertiary/aromatic N) is 2. The van der Waals surface area contributed by atoms with Crippen molar-refractivity contribution in [1.82, 2.24) is 9.78 Å². The van der Waals surface area contributed by atoms with Crippen LogP contribution in [0.3, 0.4) is 0 Å². The van der Waals surface area contributed by atoms with Gasteiger partial charge in [-0.25, -0.2) is 0 Å². The van der Waals surface area contributed by atoms with E-state index in [2.05, 4.69) is 5.10 Å². The minimum atomic E-state index is -0.244. The highest BCUT2D eigenvalue weighted by Crippen LogP contribution is 2.23. The number of carbonyl (C=O) groups excluding carboxylic acids is 1. The fraction of sp³-hybridized carbons (Fsp3) is 0.667. The second-order valence-corrected chi connectivity index (χ2v) is 4.71. The van der Waals surface area contributed by atoms with Crippen molar-refractivity contribution in [3.63, 3.8) is 0 Å². The first kappa shape index (κ1) is 12.6. The van der Waals surface area contributed by atoms with Gasteiger partial charge in [-0.1, -0.05) is 18.5 Å². The summed E-state index contributed by atoms with van der Waals surface area (Å²) in [7, 11) is 1.82. The fourth-order valence-electron chi connectivity index (χ4n) is 2.12. The molecule has 1 aromatic heterocycles. The normalized spacial score (nSPS) is 19.8. The molecule has 94 valence electrons. The number of ketones is 1. The molecule has 0 spiro atoms. The summed E-state index contributed by atoms with van der Waals surface area (Å²) in [5.41, 5.74) is 1.65. The molecule has 0 aromatic carbocycles. The number of Topliss-reactive ketones (excluding diaryl/α,β-unsaturated/α-hetero) is 1. The van der Waals surface area contributed by atoms with Crippen LogP contribution in [0.25, 0.3) is 0 Å². The Morgan fingerprint density at radius 2 is 2.41 bits per heavy atom. The number of carbonyl (C=O) groups is 1. The second kappa shape index (κ2) is 5.19. The zero-order chi connectivity index (χ0) is 12.4. The summed E-state index contributed by atoms with van der Waals surface area (Å²) < 4.78 is 7.08. The van der Waals surface area contributed by atoms with Crippen molar-refractivity contribution in [1.29, 1.82) is 0 Å². The van der Waals surface area contributed by atoms with Crippen molar-refractivity contribution in [2.75, 3.05) is 6.61 Å². The van der Waals surface area contributed by atoms with E-state index in [1.807, 2.05) is 14.0 Å². The highest BCUT2D eigenvalue weighted by molar-refractivity contribution is 6.32. The predicted octanol–water partition coefficient (Wildman–Crippen LogP) is 1.93. The van der Waals surface area contributed by atoms with Crippen LogP contribution in [0.4, 0.5) is 0 Å². The Balaban J connectivity index is 2.12. The van der Waals surface area contributed by atoms with Gasteiger partial charge in [-0.15, -0.1) is 0 Å². The first-order valence-corrected chi connectivity index (χ1v) is 6.35. The number of hydrogen-bond acceptors (Lipinski definition) is 3. The van der Waals surface area contributed by atoms with Gasteiger partial charge in [0.25, 0.3) is 0 Å². The van der Waals surface area contributed by atoms with Gasteiger partial charge in [0.2, 0.25) is 0 Å². The van der Waals surface area contributed by atoms with Crippen LogP contribution in [0.5, 0.6) is 0 Å². The molecule has 0 bridgehead atoms. The third kappa shape index (κ3) is 2.53. The number of ether oxygens (including phenoxy) is 1. The third-order valence-electron chi connectivity index (χ3n) is 3.13. The maximum absolute atomic E-state index is 12.0. The van der Waals surface area contributed by atoms with Gasteiger partial charge in [0.05, 0.1) is 22.8 Å². The smallest absolute Gasteiger partial charge is 0.167 e. The molecular weight excluding hydrogens is 240 g/mol. The van der Waals surface area contributed by atoms with Crippen LogP contribution >= 0.6 is 11.6 Å². The lowest BCUT2D eigenvalue weighted by atomic mass is 10.1. The third-order valence-corrected chi connectivity index (χ3v) is 3.57. The zero-order valence-electron chi connectivity index (χ0n) is 10.2. The van der Waals surface area contributed by atoms with E-state index in [0.29, 0.717) is 18.1 Å². The number of aryl methyl sites for hydroxylation is 2. The Bertz CT molecular complexity index is 422. The fourth-order valence-corrected chi connectivity index (χ4v) is 2.48. The van der Waals surface area contributed by atoms with E-state index in [9.17, 15) is 4.79 Å². The minimum Gasteiger partial charge on any atom is -0.370 e. The molecule has 1 saturated heterocycles. The Hall–Kier alpha value is -0.870. The molecule has 1 unspecified atom stereocenters. The molecule has 0 amide bonds. The molecule has 1 aliphatic rings. The average Bonchev–Trinajstić information content (AvgIpc) is 2.92. The van der Waals surface area contributed by atoms with E-state index in [1.54, 1.807) is 4.68 Å². The molecule has 1 fully saturated rings. The van der Waals surface area contributed by atoms with Gasteiger partial charge in [0, 0.05) is 13.7 Å². The van der Waals surface area contributed by atoms with Crippen molar-refractivity contribution in [2.45, 2.75) is 38.7 Å². The summed E-state index contributed by atoms with van der Waals surface area (Å²) in [6, 6.07) is 0. The Kier molecular flexibility index (Phi) is 3.84. The average molecular weight is 257 g/mol. The topological polar surface area (TPSA) is 44.1 Å². The summed E-state index contributed by atoms with van der Waals surface area (Å²) in [4.78, 5) is 12.0. The zero-order valence-corrected chi connectivity index (χ0v) is 11.0. The molecule has 2 rings (SSSR count). The van der Waals surface area contributed by atoms with Crippen LogP contribution in [-0.4, -0.2) is 28.3 Å². The summed E-state index contributed by atoms with van der Waals surface area (Å²) in [6.45, 7) is 2.69. The van der Waals surface area contributed by atoms with E-state index in [1.165, 1.54) is 0 Å². The van der Waals surface area contributed by atoms with Crippen molar-refractivity contribution in [3.8, 4) is 0 Å². The van der Waals surface area contributed by atoms with Crippen LogP contribution in [0.15, 0.2) is 0 Å². The van der Waals surface area contributed by atoms with E-state index in [-0.39, 0.29) is 11.9 Å². The molecule has 4 nitrogen and oxygen atoms in total. The van der Waals surface area contributed by atoms with Gasteiger partial charge in [0.15, 0.2) is 5.78 Å². The predicted molar refractivity (Wildman–Crippen MR) is 65.3 cm³/mol. The molecular formula is C12H17ClN2O2. The Morgan fingerprint density at radius 1 is 1.65 bits per heavy atom. The number of hydrogen-bond donors (Lipinski definition) is 0. The first-order valence-electron chi connectivity index (χ1n) is 5.98. The molecule has 1 aromatic rings. The molecule has 0 saturated carbocycles. The van der Waals surface area contributed by atoms with Gasteiger partial charge >= 0.3 is 0 Å². The van der Waals surface area contributed by atoms with Gasteiger partial charge in [0.1, 0.15) is 6.10 Å². The quantitative estimate of drug-likeness (QED) is 0.827. The molecule has 2 heterocycles. The number of halogens is 1. The molecule has 17 heavy (non-hydrogen) atoms. The van der Waals surface area contributed by atoms with Crippen molar-refractivity contribution >= 4 is 17.4 Å². The van der Waals surface area contributed by atoms with Crippen LogP contribution in [-0.2, 0) is 29.4 Å². The Labute approximate surface area is 106 Å². The minimum absolute atomic E-state index is 0.107. The van der Waals surface area contributed by atoms with E-state index in [0.717, 1.165) is 30.7 Å². The maximum Gasteiger partial charge on any atom is 0.167 e. The van der Waals surface area contributed by atoms with Crippen molar-refractivity contribution in [3.05, 3.63) is 16.4 Å². The Morgan fingerprint density at radius 3 is 2.94 bits per heavy atom. The van der Waals surface area contributed by atoms with E-state index < -0.39 is 0 Å². The lowest BCUT2D eigenvalue weighted by molar-refractivity contribution is -0.127. The van der Waals surface area contributed by atoms with Gasteiger partial charge in [-0.05, 0) is 19.3 Å².